The lowest BCUT2D eigenvalue weighted by Crippen LogP contribution is -2.38. The molecule has 2 heterocycles. The SMILES string of the molecule is CN(CC(=O)NCc1ccco1)S(=O)(=O)c1ccc2[nH]c3c(c2c1)CCCC3. The molecule has 2 N–H and O–H groups in total. The van der Waals surface area contributed by atoms with Gasteiger partial charge in [-0.15, -0.1) is 0 Å². The number of fused-ring (bicyclic) bond motifs is 3. The van der Waals surface area contributed by atoms with Gasteiger partial charge in [0.25, 0.3) is 0 Å². The Kier molecular flexibility index (Phi) is 4.99. The van der Waals surface area contributed by atoms with E-state index in [1.54, 1.807) is 24.3 Å². The van der Waals surface area contributed by atoms with Gasteiger partial charge in [0, 0.05) is 23.6 Å². The first-order valence-electron chi connectivity index (χ1n) is 9.34. The average Bonchev–Trinajstić information content (AvgIpc) is 3.33. The summed E-state index contributed by atoms with van der Waals surface area (Å²) in [5.41, 5.74) is 3.39. The summed E-state index contributed by atoms with van der Waals surface area (Å²) in [4.78, 5) is 15.7. The number of carbonyl (C=O) groups excluding carboxylic acids is 1. The topological polar surface area (TPSA) is 95.4 Å². The van der Waals surface area contributed by atoms with Crippen LogP contribution in [0, 0.1) is 0 Å². The molecule has 0 saturated heterocycles. The van der Waals surface area contributed by atoms with E-state index in [0.717, 1.165) is 40.9 Å². The van der Waals surface area contributed by atoms with Crippen LogP contribution in [0.25, 0.3) is 10.9 Å². The van der Waals surface area contributed by atoms with E-state index in [0.29, 0.717) is 5.76 Å². The van der Waals surface area contributed by atoms with E-state index in [1.165, 1.54) is 24.6 Å². The number of nitrogens with zero attached hydrogens (tertiary/aromatic N) is 1. The van der Waals surface area contributed by atoms with E-state index in [-0.39, 0.29) is 23.9 Å². The molecule has 0 bridgehead atoms. The smallest absolute Gasteiger partial charge is 0.243 e. The van der Waals surface area contributed by atoms with Crippen LogP contribution in [0.4, 0.5) is 0 Å². The molecule has 4 rings (SSSR count). The van der Waals surface area contributed by atoms with Crippen LogP contribution in [0.3, 0.4) is 0 Å². The average molecular weight is 401 g/mol. The zero-order valence-electron chi connectivity index (χ0n) is 15.7. The molecule has 0 aliphatic heterocycles. The number of hydrogen-bond donors (Lipinski definition) is 2. The Hall–Kier alpha value is -2.58. The molecule has 28 heavy (non-hydrogen) atoms. The van der Waals surface area contributed by atoms with Crippen LogP contribution in [0.15, 0.2) is 45.9 Å². The van der Waals surface area contributed by atoms with Crippen LogP contribution in [-0.4, -0.2) is 37.2 Å². The first-order chi connectivity index (χ1) is 13.4. The third-order valence-corrected chi connectivity index (χ3v) is 6.98. The van der Waals surface area contributed by atoms with Crippen LogP contribution < -0.4 is 5.32 Å². The highest BCUT2D eigenvalue weighted by Gasteiger charge is 2.25. The Bertz CT molecular complexity index is 1100. The van der Waals surface area contributed by atoms with Gasteiger partial charge < -0.3 is 14.7 Å². The van der Waals surface area contributed by atoms with Crippen LogP contribution >= 0.6 is 0 Å². The van der Waals surface area contributed by atoms with Crippen molar-refractivity contribution in [2.45, 2.75) is 37.1 Å². The Balaban J connectivity index is 1.51. The van der Waals surface area contributed by atoms with Crippen molar-refractivity contribution in [1.29, 1.82) is 0 Å². The van der Waals surface area contributed by atoms with Gasteiger partial charge in [0.1, 0.15) is 5.76 Å². The number of aromatic amines is 1. The quantitative estimate of drug-likeness (QED) is 0.664. The lowest BCUT2D eigenvalue weighted by atomic mass is 9.96. The van der Waals surface area contributed by atoms with Crippen LogP contribution in [0.1, 0.15) is 29.9 Å². The minimum Gasteiger partial charge on any atom is -0.467 e. The van der Waals surface area contributed by atoms with E-state index in [1.807, 2.05) is 6.07 Å². The number of hydrogen-bond acceptors (Lipinski definition) is 4. The van der Waals surface area contributed by atoms with Gasteiger partial charge in [-0.25, -0.2) is 8.42 Å². The minimum absolute atomic E-state index is 0.203. The molecule has 1 aliphatic carbocycles. The predicted molar refractivity (Wildman–Crippen MR) is 105 cm³/mol. The first kappa shape index (κ1) is 18.8. The number of sulfonamides is 1. The van der Waals surface area contributed by atoms with Crippen molar-refractivity contribution in [2.75, 3.05) is 13.6 Å². The first-order valence-corrected chi connectivity index (χ1v) is 10.8. The molecule has 0 saturated carbocycles. The van der Waals surface area contributed by atoms with E-state index >= 15 is 0 Å². The number of rotatable bonds is 6. The van der Waals surface area contributed by atoms with Crippen molar-refractivity contribution in [3.05, 3.63) is 53.6 Å². The summed E-state index contributed by atoms with van der Waals surface area (Å²) in [6, 6.07) is 8.60. The van der Waals surface area contributed by atoms with Gasteiger partial charge in [-0.2, -0.15) is 4.31 Å². The molecule has 0 unspecified atom stereocenters. The predicted octanol–water partition coefficient (Wildman–Crippen LogP) is 2.58. The fraction of sp³-hybridized carbons (Fsp3) is 0.350. The summed E-state index contributed by atoms with van der Waals surface area (Å²) >= 11 is 0. The van der Waals surface area contributed by atoms with E-state index in [2.05, 4.69) is 10.3 Å². The van der Waals surface area contributed by atoms with Crippen LogP contribution in [-0.2, 0) is 34.2 Å². The Morgan fingerprint density at radius 1 is 1.25 bits per heavy atom. The molecule has 2 aromatic heterocycles. The van der Waals surface area contributed by atoms with E-state index in [4.69, 9.17) is 4.42 Å². The number of furan rings is 1. The van der Waals surface area contributed by atoms with Crippen molar-refractivity contribution in [2.24, 2.45) is 0 Å². The molecule has 0 atom stereocenters. The highest BCUT2D eigenvalue weighted by molar-refractivity contribution is 7.89. The molecule has 1 aliphatic rings. The number of likely N-dealkylation sites (N-methyl/N-ethyl adjacent to an activating group) is 1. The zero-order valence-corrected chi connectivity index (χ0v) is 16.5. The monoisotopic (exact) mass is 401 g/mol. The van der Waals surface area contributed by atoms with Crippen LogP contribution in [0.5, 0.6) is 0 Å². The fourth-order valence-electron chi connectivity index (χ4n) is 3.67. The lowest BCUT2D eigenvalue weighted by Gasteiger charge is -2.17. The number of nitrogens with one attached hydrogen (secondary N) is 2. The van der Waals surface area contributed by atoms with Gasteiger partial charge in [-0.05, 0) is 61.6 Å². The largest absolute Gasteiger partial charge is 0.467 e. The summed E-state index contributed by atoms with van der Waals surface area (Å²) < 4.78 is 32.1. The van der Waals surface area contributed by atoms with Crippen molar-refractivity contribution in [1.82, 2.24) is 14.6 Å². The number of amides is 1. The molecule has 1 aromatic carbocycles. The molecule has 148 valence electrons. The molecule has 8 heteroatoms. The van der Waals surface area contributed by atoms with Crippen LogP contribution in [0.2, 0.25) is 0 Å². The van der Waals surface area contributed by atoms with Crippen molar-refractivity contribution in [3.63, 3.8) is 0 Å². The number of aryl methyl sites for hydroxylation is 2. The third-order valence-electron chi connectivity index (χ3n) is 5.18. The maximum absolute atomic E-state index is 13.0. The number of benzene rings is 1. The summed E-state index contributed by atoms with van der Waals surface area (Å²) in [5, 5.41) is 3.63. The highest BCUT2D eigenvalue weighted by atomic mass is 32.2. The van der Waals surface area contributed by atoms with Gasteiger partial charge in [-0.1, -0.05) is 0 Å². The number of aromatic nitrogens is 1. The fourth-order valence-corrected chi connectivity index (χ4v) is 4.82. The normalized spacial score (nSPS) is 14.4. The molecule has 0 radical (unpaired) electrons. The Labute approximate surface area is 163 Å². The maximum atomic E-state index is 13.0. The molecule has 3 aromatic rings. The summed E-state index contributed by atoms with van der Waals surface area (Å²) in [6.07, 6.45) is 5.76. The second kappa shape index (κ2) is 7.44. The van der Waals surface area contributed by atoms with Crippen molar-refractivity contribution in [3.8, 4) is 0 Å². The van der Waals surface area contributed by atoms with Gasteiger partial charge in [0.2, 0.25) is 15.9 Å². The maximum Gasteiger partial charge on any atom is 0.243 e. The molecule has 0 spiro atoms. The van der Waals surface area contributed by atoms with Crippen molar-refractivity contribution < 1.29 is 17.6 Å². The van der Waals surface area contributed by atoms with Crippen molar-refractivity contribution >= 4 is 26.8 Å². The molecule has 1 amide bonds. The Morgan fingerprint density at radius 2 is 2.07 bits per heavy atom. The minimum atomic E-state index is -3.77. The van der Waals surface area contributed by atoms with Gasteiger partial charge in [0.05, 0.1) is 24.2 Å². The third kappa shape index (κ3) is 3.57. The molecular formula is C20H23N3O4S. The zero-order chi connectivity index (χ0) is 19.7. The summed E-state index contributed by atoms with van der Waals surface area (Å²) in [5.74, 6) is 0.226. The molecular weight excluding hydrogens is 378 g/mol. The summed E-state index contributed by atoms with van der Waals surface area (Å²) in [7, 11) is -2.35. The Morgan fingerprint density at radius 3 is 2.86 bits per heavy atom. The van der Waals surface area contributed by atoms with Gasteiger partial charge in [-0.3, -0.25) is 4.79 Å². The summed E-state index contributed by atoms with van der Waals surface area (Å²) in [6.45, 7) is -0.0342. The van der Waals surface area contributed by atoms with Gasteiger partial charge >= 0.3 is 0 Å². The second-order valence-corrected chi connectivity index (χ2v) is 9.16. The molecule has 7 nitrogen and oxygen atoms in total. The highest BCUT2D eigenvalue weighted by Crippen LogP contribution is 2.31. The van der Waals surface area contributed by atoms with E-state index < -0.39 is 10.0 Å². The second-order valence-electron chi connectivity index (χ2n) is 7.11. The van der Waals surface area contributed by atoms with E-state index in [9.17, 15) is 13.2 Å². The number of H-pyrrole nitrogens is 1. The number of carbonyl (C=O) groups is 1. The lowest BCUT2D eigenvalue weighted by molar-refractivity contribution is -0.121. The standard InChI is InChI=1S/C20H23N3O4S/c1-23(13-20(24)21-12-14-5-4-10-27-14)28(25,26)15-8-9-19-17(11-15)16-6-2-3-7-18(16)22-19/h4-5,8-11,22H,2-3,6-7,12-13H2,1H3,(H,21,24). The molecule has 0 fully saturated rings. The van der Waals surface area contributed by atoms with Gasteiger partial charge in [0.15, 0.2) is 0 Å².